The van der Waals surface area contributed by atoms with Gasteiger partial charge in [0.05, 0.1) is 5.69 Å². The Morgan fingerprint density at radius 1 is 1.16 bits per heavy atom. The van der Waals surface area contributed by atoms with E-state index in [1.807, 2.05) is 24.6 Å². The van der Waals surface area contributed by atoms with Crippen LogP contribution >= 0.6 is 0 Å². The molecule has 0 saturated heterocycles. The Morgan fingerprint density at radius 3 is 2.60 bits per heavy atom. The Labute approximate surface area is 145 Å². The van der Waals surface area contributed by atoms with Crippen molar-refractivity contribution in [3.63, 3.8) is 0 Å². The zero-order chi connectivity index (χ0) is 17.4. The van der Waals surface area contributed by atoms with Crippen molar-refractivity contribution in [3.05, 3.63) is 53.7 Å². The predicted octanol–water partition coefficient (Wildman–Crippen LogP) is 4.25. The van der Waals surface area contributed by atoms with Crippen LogP contribution in [0, 0.1) is 25.6 Å². The second-order valence-corrected chi connectivity index (χ2v) is 6.62. The molecular weight excluding hydrogens is 317 g/mol. The first kappa shape index (κ1) is 15.7. The van der Waals surface area contributed by atoms with Gasteiger partial charge in [0.15, 0.2) is 0 Å². The summed E-state index contributed by atoms with van der Waals surface area (Å²) in [5.74, 6) is 2.13. The maximum atomic E-state index is 13.2. The lowest BCUT2D eigenvalue weighted by Crippen LogP contribution is -2.08. The van der Waals surface area contributed by atoms with Crippen LogP contribution in [0.3, 0.4) is 0 Å². The number of anilines is 2. The van der Waals surface area contributed by atoms with E-state index in [1.54, 1.807) is 18.5 Å². The fourth-order valence-electron chi connectivity index (χ4n) is 2.91. The molecule has 3 aromatic rings. The van der Waals surface area contributed by atoms with Crippen molar-refractivity contribution < 1.29 is 4.39 Å². The summed E-state index contributed by atoms with van der Waals surface area (Å²) in [5.41, 5.74) is 3.72. The maximum absolute atomic E-state index is 13.2. The Kier molecular flexibility index (Phi) is 3.95. The molecule has 1 N–H and O–H groups in total. The van der Waals surface area contributed by atoms with Crippen LogP contribution < -0.4 is 5.32 Å². The quantitative estimate of drug-likeness (QED) is 0.756. The summed E-state index contributed by atoms with van der Waals surface area (Å²) < 4.78 is 15.3. The summed E-state index contributed by atoms with van der Waals surface area (Å²) >= 11 is 0. The van der Waals surface area contributed by atoms with Crippen molar-refractivity contribution in [2.75, 3.05) is 5.32 Å². The summed E-state index contributed by atoms with van der Waals surface area (Å²) in [6.07, 6.45) is 4.04. The first-order valence-corrected chi connectivity index (χ1v) is 8.49. The Balaban J connectivity index is 1.74. The van der Waals surface area contributed by atoms with Gasteiger partial charge in [-0.1, -0.05) is 0 Å². The van der Waals surface area contributed by atoms with Crippen LogP contribution in [0.1, 0.15) is 24.1 Å². The lowest BCUT2D eigenvalue weighted by atomic mass is 10.1. The molecule has 1 aliphatic carbocycles. The first-order chi connectivity index (χ1) is 12.1. The molecule has 128 valence electrons. The number of hydrogen-bond acceptors (Lipinski definition) is 4. The summed E-state index contributed by atoms with van der Waals surface area (Å²) in [5, 5.41) is 8.19. The van der Waals surface area contributed by atoms with Gasteiger partial charge in [0.25, 0.3) is 0 Å². The Morgan fingerprint density at radius 2 is 1.92 bits per heavy atom. The number of aryl methyl sites for hydroxylation is 1. The Hall–Kier alpha value is -2.76. The minimum Gasteiger partial charge on any atom is -0.325 e. The average molecular weight is 337 g/mol. The van der Waals surface area contributed by atoms with Crippen LogP contribution in [0.25, 0.3) is 11.3 Å². The van der Waals surface area contributed by atoms with Gasteiger partial charge in [0, 0.05) is 29.4 Å². The third-order valence-electron chi connectivity index (χ3n) is 4.49. The molecule has 2 heterocycles. The van der Waals surface area contributed by atoms with E-state index in [1.165, 1.54) is 25.0 Å². The fraction of sp³-hybridized carbons (Fsp3) is 0.316. The summed E-state index contributed by atoms with van der Waals surface area (Å²) in [6.45, 7) is 4.85. The van der Waals surface area contributed by atoms with E-state index in [4.69, 9.17) is 5.10 Å². The normalized spacial score (nSPS) is 13.9. The molecule has 5 nitrogen and oxygen atoms in total. The number of nitrogens with zero attached hydrogens (tertiary/aromatic N) is 4. The van der Waals surface area contributed by atoms with Crippen molar-refractivity contribution in [2.24, 2.45) is 5.92 Å². The SMILES string of the molecule is Cc1cc(Nc2c(C)c(-c3ccc(F)cc3)nn2CC2CC2)ncn1. The second kappa shape index (κ2) is 6.27. The van der Waals surface area contributed by atoms with Gasteiger partial charge >= 0.3 is 0 Å². The predicted molar refractivity (Wildman–Crippen MR) is 95.1 cm³/mol. The fourth-order valence-corrected chi connectivity index (χ4v) is 2.91. The standard InChI is InChI=1S/C19H20FN5/c1-12-9-17(22-11-21-12)23-19-13(2)18(15-5-7-16(20)8-6-15)24-25(19)10-14-3-4-14/h5-9,11,14H,3-4,10H2,1-2H3,(H,21,22,23). The molecule has 0 radical (unpaired) electrons. The summed E-state index contributed by atoms with van der Waals surface area (Å²) in [7, 11) is 0. The minimum atomic E-state index is -0.242. The molecule has 0 aliphatic heterocycles. The highest BCUT2D eigenvalue weighted by atomic mass is 19.1. The molecule has 1 saturated carbocycles. The molecule has 1 aromatic carbocycles. The van der Waals surface area contributed by atoms with Gasteiger partial charge in [-0.25, -0.2) is 19.0 Å². The van der Waals surface area contributed by atoms with Crippen LogP contribution in [0.2, 0.25) is 0 Å². The van der Waals surface area contributed by atoms with Crippen molar-refractivity contribution in [1.29, 1.82) is 0 Å². The molecule has 0 amide bonds. The first-order valence-electron chi connectivity index (χ1n) is 8.49. The van der Waals surface area contributed by atoms with Gasteiger partial charge in [-0.15, -0.1) is 0 Å². The monoisotopic (exact) mass is 337 g/mol. The molecule has 1 fully saturated rings. The van der Waals surface area contributed by atoms with Crippen molar-refractivity contribution >= 4 is 11.6 Å². The van der Waals surface area contributed by atoms with E-state index in [0.717, 1.165) is 40.7 Å². The number of rotatable bonds is 5. The van der Waals surface area contributed by atoms with E-state index < -0.39 is 0 Å². The smallest absolute Gasteiger partial charge is 0.135 e. The van der Waals surface area contributed by atoms with Crippen LogP contribution in [0.4, 0.5) is 16.0 Å². The molecule has 2 aromatic heterocycles. The van der Waals surface area contributed by atoms with Gasteiger partial charge in [-0.05, 0) is 56.9 Å². The minimum absolute atomic E-state index is 0.242. The molecule has 0 spiro atoms. The molecule has 1 aliphatic rings. The van der Waals surface area contributed by atoms with Gasteiger partial charge in [0.1, 0.15) is 23.8 Å². The number of nitrogens with one attached hydrogen (secondary N) is 1. The molecule has 25 heavy (non-hydrogen) atoms. The van der Waals surface area contributed by atoms with Crippen LogP contribution in [0.5, 0.6) is 0 Å². The highest BCUT2D eigenvalue weighted by molar-refractivity contribution is 5.71. The molecule has 0 bridgehead atoms. The lowest BCUT2D eigenvalue weighted by Gasteiger charge is -2.10. The molecule has 4 rings (SSSR count). The van der Waals surface area contributed by atoms with Gasteiger partial charge in [-0.2, -0.15) is 5.10 Å². The molecule has 0 atom stereocenters. The summed E-state index contributed by atoms with van der Waals surface area (Å²) in [4.78, 5) is 8.43. The van der Waals surface area contributed by atoms with Crippen LogP contribution in [0.15, 0.2) is 36.7 Å². The van der Waals surface area contributed by atoms with Crippen molar-refractivity contribution in [2.45, 2.75) is 33.2 Å². The topological polar surface area (TPSA) is 55.6 Å². The molecular formula is C19H20FN5. The molecule has 0 unspecified atom stereocenters. The zero-order valence-corrected chi connectivity index (χ0v) is 14.3. The van der Waals surface area contributed by atoms with E-state index >= 15 is 0 Å². The van der Waals surface area contributed by atoms with E-state index in [-0.39, 0.29) is 5.82 Å². The van der Waals surface area contributed by atoms with E-state index in [0.29, 0.717) is 5.92 Å². The van der Waals surface area contributed by atoms with E-state index in [9.17, 15) is 4.39 Å². The Bertz CT molecular complexity index is 897. The van der Waals surface area contributed by atoms with Crippen molar-refractivity contribution in [1.82, 2.24) is 19.7 Å². The van der Waals surface area contributed by atoms with Gasteiger partial charge in [0.2, 0.25) is 0 Å². The van der Waals surface area contributed by atoms with Gasteiger partial charge < -0.3 is 5.32 Å². The third-order valence-corrected chi connectivity index (χ3v) is 4.49. The van der Waals surface area contributed by atoms with Crippen molar-refractivity contribution in [3.8, 4) is 11.3 Å². The number of hydrogen-bond donors (Lipinski definition) is 1. The highest BCUT2D eigenvalue weighted by Gasteiger charge is 2.25. The number of halogens is 1. The number of aromatic nitrogens is 4. The number of benzene rings is 1. The highest BCUT2D eigenvalue weighted by Crippen LogP contribution is 2.35. The zero-order valence-electron chi connectivity index (χ0n) is 14.3. The summed E-state index contributed by atoms with van der Waals surface area (Å²) in [6, 6.07) is 8.38. The lowest BCUT2D eigenvalue weighted by molar-refractivity contribution is 0.571. The average Bonchev–Trinajstić information content (AvgIpc) is 3.36. The second-order valence-electron chi connectivity index (χ2n) is 6.62. The van der Waals surface area contributed by atoms with Gasteiger partial charge in [-0.3, -0.25) is 0 Å². The third kappa shape index (κ3) is 3.38. The van der Waals surface area contributed by atoms with Crippen LogP contribution in [-0.2, 0) is 6.54 Å². The maximum Gasteiger partial charge on any atom is 0.135 e. The van der Waals surface area contributed by atoms with Crippen LogP contribution in [-0.4, -0.2) is 19.7 Å². The molecule has 6 heteroatoms. The van der Waals surface area contributed by atoms with E-state index in [2.05, 4.69) is 15.3 Å². The largest absolute Gasteiger partial charge is 0.325 e.